The summed E-state index contributed by atoms with van der Waals surface area (Å²) in [6.07, 6.45) is 6.92. The predicted octanol–water partition coefficient (Wildman–Crippen LogP) is 2.78. The number of hydrogen-bond acceptors (Lipinski definition) is 2. The van der Waals surface area contributed by atoms with Crippen molar-refractivity contribution >= 4 is 15.9 Å². The van der Waals surface area contributed by atoms with Crippen molar-refractivity contribution in [3.63, 3.8) is 0 Å². The number of nitrogens with zero attached hydrogens (tertiary/aromatic N) is 2. The highest BCUT2D eigenvalue weighted by atomic mass is 79.9. The Balaban J connectivity index is 1.99. The van der Waals surface area contributed by atoms with Crippen LogP contribution >= 0.6 is 15.9 Å². The quantitative estimate of drug-likeness (QED) is 0.816. The van der Waals surface area contributed by atoms with Crippen LogP contribution in [0.4, 0.5) is 0 Å². The lowest BCUT2D eigenvalue weighted by Crippen LogP contribution is -2.23. The first kappa shape index (κ1) is 10.2. The third-order valence-corrected chi connectivity index (χ3v) is 3.57. The molecule has 0 atom stereocenters. The molecule has 4 heteroatoms. The number of hydrogen-bond donors (Lipinski definition) is 0. The Labute approximate surface area is 92.6 Å². The van der Waals surface area contributed by atoms with Gasteiger partial charge in [0.25, 0.3) is 0 Å². The molecule has 0 unspecified atom stereocenters. The van der Waals surface area contributed by atoms with Gasteiger partial charge in [-0.05, 0) is 47.7 Å². The van der Waals surface area contributed by atoms with Crippen LogP contribution in [0.3, 0.4) is 0 Å². The van der Waals surface area contributed by atoms with E-state index in [1.54, 1.807) is 7.11 Å². The van der Waals surface area contributed by atoms with Gasteiger partial charge in [-0.15, -0.1) is 0 Å². The summed E-state index contributed by atoms with van der Waals surface area (Å²) < 4.78 is 8.50. The molecule has 0 spiro atoms. The van der Waals surface area contributed by atoms with Crippen LogP contribution in [0.25, 0.3) is 0 Å². The van der Waals surface area contributed by atoms with Gasteiger partial charge in [0.2, 0.25) is 0 Å². The van der Waals surface area contributed by atoms with Crippen molar-refractivity contribution in [2.75, 3.05) is 7.11 Å². The first-order chi connectivity index (χ1) is 6.81. The summed E-state index contributed by atoms with van der Waals surface area (Å²) in [6, 6.07) is 2.54. The molecule has 1 saturated carbocycles. The van der Waals surface area contributed by atoms with E-state index >= 15 is 0 Å². The molecular formula is C10H15BrN2O. The van der Waals surface area contributed by atoms with Gasteiger partial charge in [0.1, 0.15) is 4.60 Å². The van der Waals surface area contributed by atoms with Crippen LogP contribution in [0.5, 0.6) is 0 Å². The van der Waals surface area contributed by atoms with Crippen LogP contribution in [0.1, 0.15) is 31.7 Å². The van der Waals surface area contributed by atoms with Gasteiger partial charge in [-0.3, -0.25) is 4.68 Å². The highest BCUT2D eigenvalue weighted by Crippen LogP contribution is 2.31. The molecule has 1 aliphatic rings. The Morgan fingerprint density at radius 1 is 1.43 bits per heavy atom. The van der Waals surface area contributed by atoms with Gasteiger partial charge >= 0.3 is 0 Å². The molecule has 78 valence electrons. The number of methoxy groups -OCH3 is 1. The summed E-state index contributed by atoms with van der Waals surface area (Å²) in [7, 11) is 1.80. The van der Waals surface area contributed by atoms with E-state index in [-0.39, 0.29) is 0 Å². The van der Waals surface area contributed by atoms with Crippen molar-refractivity contribution in [3.8, 4) is 0 Å². The molecule has 2 rings (SSSR count). The Hall–Kier alpha value is -0.350. The Morgan fingerprint density at radius 3 is 2.64 bits per heavy atom. The molecule has 0 bridgehead atoms. The van der Waals surface area contributed by atoms with E-state index in [2.05, 4.69) is 25.7 Å². The van der Waals surface area contributed by atoms with E-state index in [9.17, 15) is 0 Å². The van der Waals surface area contributed by atoms with Crippen molar-refractivity contribution in [3.05, 3.63) is 16.9 Å². The second kappa shape index (κ2) is 4.45. The molecule has 1 aliphatic carbocycles. The van der Waals surface area contributed by atoms with Gasteiger partial charge in [-0.2, -0.15) is 5.10 Å². The third-order valence-electron chi connectivity index (χ3n) is 2.94. The van der Waals surface area contributed by atoms with Gasteiger partial charge < -0.3 is 4.74 Å². The summed E-state index contributed by atoms with van der Waals surface area (Å²) in [5.74, 6) is 0. The molecule has 1 fully saturated rings. The first-order valence-corrected chi connectivity index (χ1v) is 5.82. The topological polar surface area (TPSA) is 27.1 Å². The molecule has 3 nitrogen and oxygen atoms in total. The highest BCUT2D eigenvalue weighted by molar-refractivity contribution is 9.10. The second-order valence-electron chi connectivity index (χ2n) is 3.76. The zero-order valence-electron chi connectivity index (χ0n) is 8.32. The highest BCUT2D eigenvalue weighted by Gasteiger charge is 2.23. The van der Waals surface area contributed by atoms with Crippen LogP contribution < -0.4 is 0 Å². The van der Waals surface area contributed by atoms with Crippen LogP contribution in [0, 0.1) is 0 Å². The molecule has 0 aromatic carbocycles. The predicted molar refractivity (Wildman–Crippen MR) is 58.2 cm³/mol. The van der Waals surface area contributed by atoms with E-state index in [1.807, 2.05) is 12.3 Å². The summed E-state index contributed by atoms with van der Waals surface area (Å²) in [4.78, 5) is 0. The van der Waals surface area contributed by atoms with E-state index in [0.717, 1.165) is 17.4 Å². The number of ether oxygens (including phenoxy) is 1. The maximum atomic E-state index is 5.35. The third kappa shape index (κ3) is 2.01. The lowest BCUT2D eigenvalue weighted by atomic mass is 9.93. The molecular weight excluding hydrogens is 244 g/mol. The molecule has 14 heavy (non-hydrogen) atoms. The fourth-order valence-corrected chi connectivity index (χ4v) is 2.59. The van der Waals surface area contributed by atoms with Crippen molar-refractivity contribution in [2.24, 2.45) is 0 Å². The monoisotopic (exact) mass is 258 g/mol. The van der Waals surface area contributed by atoms with Gasteiger partial charge in [0.05, 0.1) is 18.3 Å². The zero-order chi connectivity index (χ0) is 9.97. The molecule has 0 N–H and O–H groups in total. The molecule has 1 heterocycles. The maximum Gasteiger partial charge on any atom is 0.104 e. The van der Waals surface area contributed by atoms with Crippen LogP contribution in [-0.2, 0) is 4.74 Å². The average Bonchev–Trinajstić information content (AvgIpc) is 2.65. The molecule has 1 aromatic rings. The Bertz CT molecular complexity index is 292. The number of aromatic nitrogens is 2. The first-order valence-electron chi connectivity index (χ1n) is 5.03. The van der Waals surface area contributed by atoms with Gasteiger partial charge in [0, 0.05) is 7.11 Å². The lowest BCUT2D eigenvalue weighted by molar-refractivity contribution is 0.0565. The van der Waals surface area contributed by atoms with Crippen molar-refractivity contribution < 1.29 is 4.74 Å². The minimum absolute atomic E-state index is 0.459. The molecule has 0 saturated heterocycles. The summed E-state index contributed by atoms with van der Waals surface area (Å²) in [5, 5.41) is 4.32. The Kier molecular flexibility index (Phi) is 3.23. The van der Waals surface area contributed by atoms with Gasteiger partial charge in [-0.25, -0.2) is 0 Å². The minimum Gasteiger partial charge on any atom is -0.381 e. The molecule has 0 amide bonds. The summed E-state index contributed by atoms with van der Waals surface area (Å²) in [6.45, 7) is 0. The largest absolute Gasteiger partial charge is 0.381 e. The van der Waals surface area contributed by atoms with E-state index in [4.69, 9.17) is 4.74 Å². The fraction of sp³-hybridized carbons (Fsp3) is 0.700. The van der Waals surface area contributed by atoms with E-state index in [1.165, 1.54) is 12.8 Å². The lowest BCUT2D eigenvalue weighted by Gasteiger charge is -2.28. The average molecular weight is 259 g/mol. The maximum absolute atomic E-state index is 5.35. The molecule has 0 radical (unpaired) electrons. The van der Waals surface area contributed by atoms with Crippen molar-refractivity contribution in [1.82, 2.24) is 9.78 Å². The summed E-state index contributed by atoms with van der Waals surface area (Å²) >= 11 is 3.50. The zero-order valence-corrected chi connectivity index (χ0v) is 9.90. The van der Waals surface area contributed by atoms with E-state index in [0.29, 0.717) is 12.1 Å². The molecule has 1 aromatic heterocycles. The molecule has 0 aliphatic heterocycles. The van der Waals surface area contributed by atoms with Crippen molar-refractivity contribution in [2.45, 2.75) is 37.8 Å². The van der Waals surface area contributed by atoms with E-state index < -0.39 is 0 Å². The van der Waals surface area contributed by atoms with Crippen molar-refractivity contribution in [1.29, 1.82) is 0 Å². The van der Waals surface area contributed by atoms with Crippen LogP contribution in [-0.4, -0.2) is 23.0 Å². The van der Waals surface area contributed by atoms with Crippen LogP contribution in [0.2, 0.25) is 0 Å². The van der Waals surface area contributed by atoms with Gasteiger partial charge in [0.15, 0.2) is 0 Å². The normalized spacial score (nSPS) is 27.9. The summed E-state index contributed by atoms with van der Waals surface area (Å²) in [5.41, 5.74) is 0. The second-order valence-corrected chi connectivity index (χ2v) is 4.58. The Morgan fingerprint density at radius 2 is 2.14 bits per heavy atom. The number of rotatable bonds is 2. The minimum atomic E-state index is 0.459. The fourth-order valence-electron chi connectivity index (χ4n) is 2.09. The smallest absolute Gasteiger partial charge is 0.104 e. The van der Waals surface area contributed by atoms with Gasteiger partial charge in [-0.1, -0.05) is 0 Å². The number of halogens is 1. The standard InChI is InChI=1S/C10H15BrN2O/c1-14-9-4-2-8(3-5-9)13-10(11)6-7-12-13/h6-9H,2-5H2,1H3. The van der Waals surface area contributed by atoms with Crippen LogP contribution in [0.15, 0.2) is 16.9 Å². The SMILES string of the molecule is COC1CCC(n2nccc2Br)CC1.